The molecule has 108 valence electrons. The SMILES string of the molecule is COc1ccc(CC(C)NCCCn2cccn2)cc1. The van der Waals surface area contributed by atoms with Crippen molar-refractivity contribution in [2.75, 3.05) is 13.7 Å². The monoisotopic (exact) mass is 273 g/mol. The Morgan fingerprint density at radius 3 is 2.75 bits per heavy atom. The number of rotatable bonds is 8. The van der Waals surface area contributed by atoms with Crippen LogP contribution in [0.4, 0.5) is 0 Å². The summed E-state index contributed by atoms with van der Waals surface area (Å²) in [5, 5.41) is 7.74. The van der Waals surface area contributed by atoms with Crippen LogP contribution in [0.2, 0.25) is 0 Å². The van der Waals surface area contributed by atoms with Crippen LogP contribution < -0.4 is 10.1 Å². The van der Waals surface area contributed by atoms with Crippen molar-refractivity contribution in [2.45, 2.75) is 32.4 Å². The van der Waals surface area contributed by atoms with Gasteiger partial charge in [-0.15, -0.1) is 0 Å². The molecule has 0 aliphatic heterocycles. The summed E-state index contributed by atoms with van der Waals surface area (Å²) >= 11 is 0. The molecule has 4 heteroatoms. The van der Waals surface area contributed by atoms with Crippen molar-refractivity contribution >= 4 is 0 Å². The number of methoxy groups -OCH3 is 1. The molecule has 2 rings (SSSR count). The van der Waals surface area contributed by atoms with Crippen molar-refractivity contribution in [3.63, 3.8) is 0 Å². The number of hydrogen-bond donors (Lipinski definition) is 1. The van der Waals surface area contributed by atoms with Crippen molar-refractivity contribution in [1.29, 1.82) is 0 Å². The molecule has 0 amide bonds. The Bertz CT molecular complexity index is 479. The van der Waals surface area contributed by atoms with E-state index in [1.807, 2.05) is 35.3 Å². The maximum atomic E-state index is 5.17. The molecule has 0 saturated heterocycles. The molecule has 1 aromatic heterocycles. The second kappa shape index (κ2) is 7.70. The quantitative estimate of drug-likeness (QED) is 0.751. The Hall–Kier alpha value is -1.81. The fraction of sp³-hybridized carbons (Fsp3) is 0.438. The van der Waals surface area contributed by atoms with Gasteiger partial charge in [-0.05, 0) is 50.1 Å². The number of benzene rings is 1. The number of ether oxygens (including phenoxy) is 1. The fourth-order valence-electron chi connectivity index (χ4n) is 2.21. The standard InChI is InChI=1S/C16H23N3O/c1-14(13-15-5-7-16(20-2)8-6-15)17-9-3-11-19-12-4-10-18-19/h4-8,10,12,14,17H,3,9,11,13H2,1-2H3. The second-order valence-electron chi connectivity index (χ2n) is 5.03. The van der Waals surface area contributed by atoms with E-state index in [4.69, 9.17) is 4.74 Å². The summed E-state index contributed by atoms with van der Waals surface area (Å²) in [5.41, 5.74) is 1.33. The Labute approximate surface area is 120 Å². The fourth-order valence-corrected chi connectivity index (χ4v) is 2.21. The smallest absolute Gasteiger partial charge is 0.118 e. The number of aryl methyl sites for hydroxylation is 1. The van der Waals surface area contributed by atoms with Crippen LogP contribution in [-0.2, 0) is 13.0 Å². The second-order valence-corrected chi connectivity index (χ2v) is 5.03. The minimum Gasteiger partial charge on any atom is -0.497 e. The molecular weight excluding hydrogens is 250 g/mol. The molecule has 1 atom stereocenters. The molecule has 0 aliphatic rings. The highest BCUT2D eigenvalue weighted by Crippen LogP contribution is 2.12. The van der Waals surface area contributed by atoms with Crippen LogP contribution in [0, 0.1) is 0 Å². The molecule has 1 N–H and O–H groups in total. The molecule has 20 heavy (non-hydrogen) atoms. The van der Waals surface area contributed by atoms with E-state index in [1.54, 1.807) is 7.11 Å². The largest absolute Gasteiger partial charge is 0.497 e. The summed E-state index contributed by atoms with van der Waals surface area (Å²) in [6.45, 7) is 4.20. The maximum Gasteiger partial charge on any atom is 0.118 e. The number of aromatic nitrogens is 2. The summed E-state index contributed by atoms with van der Waals surface area (Å²) in [5.74, 6) is 0.911. The molecule has 4 nitrogen and oxygen atoms in total. The lowest BCUT2D eigenvalue weighted by molar-refractivity contribution is 0.414. The van der Waals surface area contributed by atoms with Crippen LogP contribution in [0.1, 0.15) is 18.9 Å². The zero-order valence-corrected chi connectivity index (χ0v) is 12.2. The molecule has 0 aliphatic carbocycles. The predicted molar refractivity (Wildman–Crippen MR) is 81.0 cm³/mol. The average Bonchev–Trinajstić information content (AvgIpc) is 2.98. The van der Waals surface area contributed by atoms with Crippen molar-refractivity contribution in [1.82, 2.24) is 15.1 Å². The van der Waals surface area contributed by atoms with Gasteiger partial charge in [0, 0.05) is 25.0 Å². The van der Waals surface area contributed by atoms with Crippen LogP contribution in [0.5, 0.6) is 5.75 Å². The number of hydrogen-bond acceptors (Lipinski definition) is 3. The van der Waals surface area contributed by atoms with E-state index < -0.39 is 0 Å². The first-order valence-electron chi connectivity index (χ1n) is 7.11. The zero-order valence-electron chi connectivity index (χ0n) is 12.2. The molecule has 1 aromatic carbocycles. The van der Waals surface area contributed by atoms with E-state index in [0.717, 1.165) is 31.7 Å². The Balaban J connectivity index is 1.65. The first-order chi connectivity index (χ1) is 9.78. The molecule has 0 bridgehead atoms. The predicted octanol–water partition coefficient (Wildman–Crippen LogP) is 2.50. The Morgan fingerprint density at radius 1 is 1.30 bits per heavy atom. The highest BCUT2D eigenvalue weighted by Gasteiger charge is 2.03. The van der Waals surface area contributed by atoms with Crippen molar-refractivity contribution in [2.24, 2.45) is 0 Å². The van der Waals surface area contributed by atoms with E-state index in [0.29, 0.717) is 6.04 Å². The van der Waals surface area contributed by atoms with Gasteiger partial charge in [0.1, 0.15) is 5.75 Å². The molecule has 0 radical (unpaired) electrons. The van der Waals surface area contributed by atoms with Gasteiger partial charge < -0.3 is 10.1 Å². The minimum absolute atomic E-state index is 0.473. The number of nitrogens with one attached hydrogen (secondary N) is 1. The average molecular weight is 273 g/mol. The topological polar surface area (TPSA) is 39.1 Å². The van der Waals surface area contributed by atoms with Crippen molar-refractivity contribution in [3.05, 3.63) is 48.3 Å². The van der Waals surface area contributed by atoms with Crippen LogP contribution in [0.15, 0.2) is 42.7 Å². The summed E-state index contributed by atoms with van der Waals surface area (Å²) in [7, 11) is 1.69. The highest BCUT2D eigenvalue weighted by atomic mass is 16.5. The van der Waals surface area contributed by atoms with Gasteiger partial charge in [0.25, 0.3) is 0 Å². The maximum absolute atomic E-state index is 5.17. The lowest BCUT2D eigenvalue weighted by Crippen LogP contribution is -2.29. The van der Waals surface area contributed by atoms with E-state index in [1.165, 1.54) is 5.56 Å². The van der Waals surface area contributed by atoms with Gasteiger partial charge in [-0.25, -0.2) is 0 Å². The molecule has 0 fully saturated rings. The van der Waals surface area contributed by atoms with Gasteiger partial charge in [-0.3, -0.25) is 4.68 Å². The molecule has 0 saturated carbocycles. The first-order valence-corrected chi connectivity index (χ1v) is 7.11. The van der Waals surface area contributed by atoms with Gasteiger partial charge in [-0.2, -0.15) is 5.10 Å². The van der Waals surface area contributed by atoms with Gasteiger partial charge in [0.15, 0.2) is 0 Å². The van der Waals surface area contributed by atoms with Gasteiger partial charge in [0.05, 0.1) is 7.11 Å². The minimum atomic E-state index is 0.473. The molecular formula is C16H23N3O. The number of nitrogens with zero attached hydrogens (tertiary/aromatic N) is 2. The molecule has 1 unspecified atom stereocenters. The van der Waals surface area contributed by atoms with E-state index in [9.17, 15) is 0 Å². The summed E-state index contributed by atoms with van der Waals surface area (Å²) in [6.07, 6.45) is 5.95. The van der Waals surface area contributed by atoms with Crippen LogP contribution in [0.25, 0.3) is 0 Å². The summed E-state index contributed by atoms with van der Waals surface area (Å²) < 4.78 is 7.13. The van der Waals surface area contributed by atoms with E-state index >= 15 is 0 Å². The van der Waals surface area contributed by atoms with E-state index in [-0.39, 0.29) is 0 Å². The van der Waals surface area contributed by atoms with E-state index in [2.05, 4.69) is 29.5 Å². The van der Waals surface area contributed by atoms with Crippen LogP contribution >= 0.6 is 0 Å². The van der Waals surface area contributed by atoms with Crippen molar-refractivity contribution in [3.8, 4) is 5.75 Å². The zero-order chi connectivity index (χ0) is 14.2. The summed E-state index contributed by atoms with van der Waals surface area (Å²) in [6, 6.07) is 10.7. The van der Waals surface area contributed by atoms with Gasteiger partial charge in [-0.1, -0.05) is 12.1 Å². The Kier molecular flexibility index (Phi) is 5.62. The van der Waals surface area contributed by atoms with Crippen LogP contribution in [0.3, 0.4) is 0 Å². The lowest BCUT2D eigenvalue weighted by atomic mass is 10.1. The Morgan fingerprint density at radius 2 is 2.10 bits per heavy atom. The third kappa shape index (κ3) is 4.70. The van der Waals surface area contributed by atoms with Gasteiger partial charge >= 0.3 is 0 Å². The first kappa shape index (κ1) is 14.6. The lowest BCUT2D eigenvalue weighted by Gasteiger charge is -2.14. The summed E-state index contributed by atoms with van der Waals surface area (Å²) in [4.78, 5) is 0. The third-order valence-corrected chi connectivity index (χ3v) is 3.32. The van der Waals surface area contributed by atoms with Crippen molar-refractivity contribution < 1.29 is 4.74 Å². The highest BCUT2D eigenvalue weighted by molar-refractivity contribution is 5.27. The molecule has 2 aromatic rings. The molecule has 1 heterocycles. The molecule has 0 spiro atoms. The van der Waals surface area contributed by atoms with Gasteiger partial charge in [0.2, 0.25) is 0 Å². The normalized spacial score (nSPS) is 12.3. The third-order valence-electron chi connectivity index (χ3n) is 3.32. The van der Waals surface area contributed by atoms with Crippen LogP contribution in [-0.4, -0.2) is 29.5 Å².